The summed E-state index contributed by atoms with van der Waals surface area (Å²) in [5.74, 6) is 1.55. The summed E-state index contributed by atoms with van der Waals surface area (Å²) in [6.07, 6.45) is 6.96. The molecule has 2 saturated carbocycles. The Labute approximate surface area is 122 Å². The van der Waals surface area contributed by atoms with E-state index in [2.05, 4.69) is 36.5 Å². The lowest BCUT2D eigenvalue weighted by atomic mass is 9.74. The van der Waals surface area contributed by atoms with Gasteiger partial charge in [0.25, 0.3) is 0 Å². The first kappa shape index (κ1) is 14.1. The molecule has 0 bridgehead atoms. The van der Waals surface area contributed by atoms with Gasteiger partial charge in [-0.05, 0) is 75.0 Å². The van der Waals surface area contributed by atoms with E-state index in [1.165, 1.54) is 31.2 Å². The zero-order chi connectivity index (χ0) is 13.9. The van der Waals surface area contributed by atoms with Gasteiger partial charge in [0.05, 0.1) is 6.10 Å². The fourth-order valence-corrected chi connectivity index (χ4v) is 3.77. The molecule has 0 unspecified atom stereocenters. The van der Waals surface area contributed by atoms with Crippen LogP contribution in [0.15, 0.2) is 24.3 Å². The average Bonchev–Trinajstić information content (AvgIpc) is 2.41. The van der Waals surface area contributed by atoms with Gasteiger partial charge in [0.15, 0.2) is 0 Å². The lowest BCUT2D eigenvalue weighted by Gasteiger charge is -2.38. The van der Waals surface area contributed by atoms with E-state index in [9.17, 15) is 5.11 Å². The summed E-state index contributed by atoms with van der Waals surface area (Å²) in [5, 5.41) is 13.3. The Kier molecular flexibility index (Phi) is 4.42. The van der Waals surface area contributed by atoms with Crippen LogP contribution in [-0.4, -0.2) is 23.8 Å². The summed E-state index contributed by atoms with van der Waals surface area (Å²) < 4.78 is 0. The first-order valence-corrected chi connectivity index (χ1v) is 8.19. The monoisotopic (exact) mass is 273 g/mol. The first-order valence-electron chi connectivity index (χ1n) is 8.19. The lowest BCUT2D eigenvalue weighted by molar-refractivity contribution is 0.106. The van der Waals surface area contributed by atoms with Crippen molar-refractivity contribution in [2.75, 3.05) is 6.54 Å². The average molecular weight is 273 g/mol. The standard InChI is InChI=1S/C18H27NO/c1-13-4-2-3-5-18(13)15-10-16(11-15)19-12-14-6-8-17(20)9-7-14/h2-5,14-17,19-20H,6-12H2,1H3. The number of benzene rings is 1. The van der Waals surface area contributed by atoms with Gasteiger partial charge in [-0.25, -0.2) is 0 Å². The van der Waals surface area contributed by atoms with Crippen LogP contribution in [-0.2, 0) is 0 Å². The molecule has 110 valence electrons. The quantitative estimate of drug-likeness (QED) is 0.881. The molecule has 0 aliphatic heterocycles. The smallest absolute Gasteiger partial charge is 0.0540 e. The Hall–Kier alpha value is -0.860. The molecule has 0 amide bonds. The minimum atomic E-state index is -0.0274. The molecule has 0 radical (unpaired) electrons. The van der Waals surface area contributed by atoms with Gasteiger partial charge >= 0.3 is 0 Å². The van der Waals surface area contributed by atoms with Crippen molar-refractivity contribution in [2.45, 2.75) is 63.5 Å². The molecule has 2 nitrogen and oxygen atoms in total. The van der Waals surface area contributed by atoms with Crippen molar-refractivity contribution in [1.29, 1.82) is 0 Å². The van der Waals surface area contributed by atoms with Crippen LogP contribution in [0.5, 0.6) is 0 Å². The van der Waals surface area contributed by atoms with Crippen LogP contribution < -0.4 is 5.32 Å². The number of aryl methyl sites for hydroxylation is 1. The number of aliphatic hydroxyl groups is 1. The van der Waals surface area contributed by atoms with E-state index in [-0.39, 0.29) is 6.10 Å². The van der Waals surface area contributed by atoms with Crippen molar-refractivity contribution < 1.29 is 5.11 Å². The minimum absolute atomic E-state index is 0.0274. The largest absolute Gasteiger partial charge is 0.393 e. The van der Waals surface area contributed by atoms with Gasteiger partial charge in [-0.2, -0.15) is 0 Å². The van der Waals surface area contributed by atoms with Gasteiger partial charge in [0, 0.05) is 6.04 Å². The van der Waals surface area contributed by atoms with Crippen LogP contribution in [0.3, 0.4) is 0 Å². The molecule has 2 aliphatic carbocycles. The molecule has 3 rings (SSSR count). The van der Waals surface area contributed by atoms with Crippen LogP contribution in [0.4, 0.5) is 0 Å². The number of aliphatic hydroxyl groups excluding tert-OH is 1. The Morgan fingerprint density at radius 3 is 2.50 bits per heavy atom. The van der Waals surface area contributed by atoms with Crippen molar-refractivity contribution in [1.82, 2.24) is 5.32 Å². The van der Waals surface area contributed by atoms with E-state index in [1.54, 1.807) is 5.56 Å². The van der Waals surface area contributed by atoms with E-state index in [0.717, 1.165) is 31.2 Å². The van der Waals surface area contributed by atoms with Crippen LogP contribution >= 0.6 is 0 Å². The van der Waals surface area contributed by atoms with Gasteiger partial charge in [-0.15, -0.1) is 0 Å². The van der Waals surface area contributed by atoms with Gasteiger partial charge < -0.3 is 10.4 Å². The van der Waals surface area contributed by atoms with Gasteiger partial charge in [-0.3, -0.25) is 0 Å². The predicted molar refractivity (Wildman–Crippen MR) is 82.9 cm³/mol. The Bertz CT molecular complexity index is 431. The van der Waals surface area contributed by atoms with Crippen LogP contribution in [0, 0.1) is 12.8 Å². The molecule has 2 fully saturated rings. The molecule has 0 saturated heterocycles. The second-order valence-electron chi connectivity index (χ2n) is 6.80. The van der Waals surface area contributed by atoms with E-state index in [4.69, 9.17) is 0 Å². The molecule has 20 heavy (non-hydrogen) atoms. The molecule has 0 heterocycles. The molecule has 2 N–H and O–H groups in total. The fourth-order valence-electron chi connectivity index (χ4n) is 3.77. The summed E-state index contributed by atoms with van der Waals surface area (Å²) in [4.78, 5) is 0. The van der Waals surface area contributed by atoms with Crippen molar-refractivity contribution in [2.24, 2.45) is 5.92 Å². The minimum Gasteiger partial charge on any atom is -0.393 e. The van der Waals surface area contributed by atoms with Crippen LogP contribution in [0.25, 0.3) is 0 Å². The van der Waals surface area contributed by atoms with Crippen molar-refractivity contribution in [3.63, 3.8) is 0 Å². The zero-order valence-corrected chi connectivity index (χ0v) is 12.5. The van der Waals surface area contributed by atoms with Crippen LogP contribution in [0.1, 0.15) is 55.6 Å². The lowest BCUT2D eigenvalue weighted by Crippen LogP contribution is -2.43. The van der Waals surface area contributed by atoms with E-state index < -0.39 is 0 Å². The van der Waals surface area contributed by atoms with E-state index in [0.29, 0.717) is 6.04 Å². The van der Waals surface area contributed by atoms with Gasteiger partial charge in [0.2, 0.25) is 0 Å². The molecule has 0 spiro atoms. The molecule has 0 aromatic heterocycles. The van der Waals surface area contributed by atoms with E-state index >= 15 is 0 Å². The molecule has 2 aliphatic rings. The first-order chi connectivity index (χ1) is 9.72. The fraction of sp³-hybridized carbons (Fsp3) is 0.667. The number of hydrogen-bond acceptors (Lipinski definition) is 2. The number of rotatable bonds is 4. The summed E-state index contributed by atoms with van der Waals surface area (Å²) in [6, 6.07) is 9.52. The maximum absolute atomic E-state index is 9.53. The summed E-state index contributed by atoms with van der Waals surface area (Å²) in [5.41, 5.74) is 2.99. The highest BCUT2D eigenvalue weighted by Crippen LogP contribution is 2.38. The van der Waals surface area contributed by atoms with Gasteiger partial charge in [0.1, 0.15) is 0 Å². The maximum Gasteiger partial charge on any atom is 0.0540 e. The van der Waals surface area contributed by atoms with E-state index in [1.807, 2.05) is 0 Å². The Morgan fingerprint density at radius 2 is 1.80 bits per heavy atom. The summed E-state index contributed by atoms with van der Waals surface area (Å²) in [6.45, 7) is 3.38. The normalized spacial score (nSPS) is 33.7. The third-order valence-electron chi connectivity index (χ3n) is 5.28. The van der Waals surface area contributed by atoms with Gasteiger partial charge in [-0.1, -0.05) is 24.3 Å². The Balaban J connectivity index is 1.39. The third-order valence-corrected chi connectivity index (χ3v) is 5.28. The number of nitrogens with one attached hydrogen (secondary N) is 1. The predicted octanol–water partition coefficient (Wildman–Crippen LogP) is 3.38. The second-order valence-corrected chi connectivity index (χ2v) is 6.80. The number of hydrogen-bond donors (Lipinski definition) is 2. The highest BCUT2D eigenvalue weighted by molar-refractivity contribution is 5.31. The van der Waals surface area contributed by atoms with Crippen molar-refractivity contribution in [3.05, 3.63) is 35.4 Å². The van der Waals surface area contributed by atoms with Crippen molar-refractivity contribution in [3.8, 4) is 0 Å². The summed E-state index contributed by atoms with van der Waals surface area (Å²) >= 11 is 0. The van der Waals surface area contributed by atoms with Crippen LogP contribution in [0.2, 0.25) is 0 Å². The summed E-state index contributed by atoms with van der Waals surface area (Å²) in [7, 11) is 0. The zero-order valence-electron chi connectivity index (χ0n) is 12.5. The molecule has 1 aromatic rings. The Morgan fingerprint density at radius 1 is 1.10 bits per heavy atom. The topological polar surface area (TPSA) is 32.3 Å². The second kappa shape index (κ2) is 6.28. The molecule has 2 heteroatoms. The molecule has 1 aromatic carbocycles. The third kappa shape index (κ3) is 3.24. The molecular formula is C18H27NO. The maximum atomic E-state index is 9.53. The molecular weight excluding hydrogens is 246 g/mol. The highest BCUT2D eigenvalue weighted by Gasteiger charge is 2.31. The highest BCUT2D eigenvalue weighted by atomic mass is 16.3. The molecule has 0 atom stereocenters. The SMILES string of the molecule is Cc1ccccc1C1CC(NCC2CCC(O)CC2)C1. The van der Waals surface area contributed by atoms with Crippen molar-refractivity contribution >= 4 is 0 Å².